The van der Waals surface area contributed by atoms with Crippen molar-refractivity contribution >= 4 is 16.9 Å². The number of rotatable bonds is 3. The predicted molar refractivity (Wildman–Crippen MR) is 69.1 cm³/mol. The molecule has 0 radical (unpaired) electrons. The van der Waals surface area contributed by atoms with E-state index in [4.69, 9.17) is 9.84 Å². The van der Waals surface area contributed by atoms with E-state index < -0.39 is 5.97 Å². The number of aromatic nitrogens is 1. The minimum absolute atomic E-state index is 0.0755. The number of benzene rings is 1. The number of aryl methyl sites for hydroxylation is 2. The van der Waals surface area contributed by atoms with Gasteiger partial charge in [-0.25, -0.2) is 4.98 Å². The van der Waals surface area contributed by atoms with Crippen LogP contribution in [-0.4, -0.2) is 23.2 Å². The molecule has 0 atom stereocenters. The number of nitrogens with zero attached hydrogens (tertiary/aromatic N) is 1. The molecule has 1 aromatic heterocycles. The number of methoxy groups -OCH3 is 1. The molecular formula is C14H15NO3. The number of ether oxygens (including phenoxy) is 1. The Morgan fingerprint density at radius 1 is 1.33 bits per heavy atom. The fourth-order valence-corrected chi connectivity index (χ4v) is 2.19. The van der Waals surface area contributed by atoms with E-state index >= 15 is 0 Å². The molecule has 0 saturated heterocycles. The van der Waals surface area contributed by atoms with Crippen molar-refractivity contribution in [1.82, 2.24) is 4.98 Å². The first-order valence-corrected chi connectivity index (χ1v) is 5.68. The highest BCUT2D eigenvalue weighted by atomic mass is 16.5. The quantitative estimate of drug-likeness (QED) is 0.902. The third-order valence-corrected chi connectivity index (χ3v) is 2.93. The molecule has 0 aliphatic rings. The summed E-state index contributed by atoms with van der Waals surface area (Å²) in [6, 6.07) is 5.66. The molecule has 0 amide bonds. The summed E-state index contributed by atoms with van der Waals surface area (Å²) < 4.78 is 5.29. The summed E-state index contributed by atoms with van der Waals surface area (Å²) in [4.78, 5) is 15.2. The van der Waals surface area contributed by atoms with Crippen LogP contribution in [0.4, 0.5) is 0 Å². The van der Waals surface area contributed by atoms with Crippen molar-refractivity contribution < 1.29 is 14.6 Å². The van der Waals surface area contributed by atoms with Crippen LogP contribution in [0.2, 0.25) is 0 Å². The van der Waals surface area contributed by atoms with Crippen LogP contribution in [0.5, 0.6) is 5.75 Å². The average molecular weight is 245 g/mol. The summed E-state index contributed by atoms with van der Waals surface area (Å²) in [7, 11) is 1.59. The zero-order valence-electron chi connectivity index (χ0n) is 10.7. The van der Waals surface area contributed by atoms with Gasteiger partial charge in [0, 0.05) is 5.39 Å². The van der Waals surface area contributed by atoms with Gasteiger partial charge in [0.2, 0.25) is 0 Å². The van der Waals surface area contributed by atoms with Crippen LogP contribution in [0.25, 0.3) is 10.9 Å². The normalized spacial score (nSPS) is 10.6. The Labute approximate surface area is 105 Å². The van der Waals surface area contributed by atoms with E-state index in [1.54, 1.807) is 7.11 Å². The Bertz CT molecular complexity index is 620. The minimum Gasteiger partial charge on any atom is -0.494 e. The third kappa shape index (κ3) is 2.14. The summed E-state index contributed by atoms with van der Waals surface area (Å²) in [5.41, 5.74) is 3.41. The second kappa shape index (κ2) is 4.64. The number of carbonyl (C=O) groups is 1. The third-order valence-electron chi connectivity index (χ3n) is 2.93. The van der Waals surface area contributed by atoms with Crippen molar-refractivity contribution in [1.29, 1.82) is 0 Å². The molecule has 0 aliphatic heterocycles. The first kappa shape index (κ1) is 12.4. The van der Waals surface area contributed by atoms with E-state index in [2.05, 4.69) is 4.98 Å². The zero-order valence-corrected chi connectivity index (χ0v) is 10.7. The van der Waals surface area contributed by atoms with E-state index in [0.717, 1.165) is 22.0 Å². The van der Waals surface area contributed by atoms with Gasteiger partial charge in [-0.1, -0.05) is 6.07 Å². The van der Waals surface area contributed by atoms with Gasteiger partial charge in [0.1, 0.15) is 11.3 Å². The van der Waals surface area contributed by atoms with Gasteiger partial charge in [-0.15, -0.1) is 0 Å². The summed E-state index contributed by atoms with van der Waals surface area (Å²) in [6.45, 7) is 3.97. The summed E-state index contributed by atoms with van der Waals surface area (Å²) in [5, 5.41) is 9.87. The van der Waals surface area contributed by atoms with Gasteiger partial charge in [-0.2, -0.15) is 0 Å². The van der Waals surface area contributed by atoms with Gasteiger partial charge in [-0.3, -0.25) is 4.79 Å². The van der Waals surface area contributed by atoms with Crippen molar-refractivity contribution in [2.24, 2.45) is 0 Å². The van der Waals surface area contributed by atoms with Crippen molar-refractivity contribution in [2.75, 3.05) is 7.11 Å². The maximum absolute atomic E-state index is 10.8. The average Bonchev–Trinajstić information content (AvgIpc) is 2.28. The molecule has 0 saturated carbocycles. The van der Waals surface area contributed by atoms with Gasteiger partial charge in [-0.05, 0) is 37.1 Å². The standard InChI is InChI=1S/C14H15NO3/c1-8-4-5-11(18-3)14-13(8)9(2)6-10(15-14)7-12(16)17/h4-6H,7H2,1-3H3,(H,16,17). The van der Waals surface area contributed by atoms with Crippen LogP contribution in [0.1, 0.15) is 16.8 Å². The Morgan fingerprint density at radius 2 is 2.06 bits per heavy atom. The Morgan fingerprint density at radius 3 is 2.67 bits per heavy atom. The molecule has 0 fully saturated rings. The second-order valence-corrected chi connectivity index (χ2v) is 4.31. The zero-order chi connectivity index (χ0) is 13.3. The molecule has 0 aliphatic carbocycles. The lowest BCUT2D eigenvalue weighted by molar-refractivity contribution is -0.136. The van der Waals surface area contributed by atoms with E-state index in [1.165, 1.54) is 0 Å². The fraction of sp³-hybridized carbons (Fsp3) is 0.286. The maximum Gasteiger partial charge on any atom is 0.309 e. The molecule has 4 nitrogen and oxygen atoms in total. The Balaban J connectivity index is 2.73. The molecule has 0 spiro atoms. The smallest absolute Gasteiger partial charge is 0.309 e. The molecule has 1 N–H and O–H groups in total. The van der Waals surface area contributed by atoms with E-state index in [1.807, 2.05) is 32.0 Å². The first-order chi connectivity index (χ1) is 8.52. The largest absolute Gasteiger partial charge is 0.494 e. The van der Waals surface area contributed by atoms with E-state index in [-0.39, 0.29) is 6.42 Å². The predicted octanol–water partition coefficient (Wildman–Crippen LogP) is 2.49. The molecule has 1 aromatic carbocycles. The first-order valence-electron chi connectivity index (χ1n) is 5.68. The molecule has 18 heavy (non-hydrogen) atoms. The highest BCUT2D eigenvalue weighted by Gasteiger charge is 2.11. The van der Waals surface area contributed by atoms with Crippen molar-refractivity contribution in [3.63, 3.8) is 0 Å². The second-order valence-electron chi connectivity index (χ2n) is 4.31. The highest BCUT2D eigenvalue weighted by molar-refractivity contribution is 5.90. The highest BCUT2D eigenvalue weighted by Crippen LogP contribution is 2.29. The summed E-state index contributed by atoms with van der Waals surface area (Å²) in [5.74, 6) is -0.209. The van der Waals surface area contributed by atoms with E-state index in [9.17, 15) is 4.79 Å². The Kier molecular flexibility index (Phi) is 3.19. The number of carboxylic acids is 1. The van der Waals surface area contributed by atoms with Gasteiger partial charge in [0.15, 0.2) is 0 Å². The topological polar surface area (TPSA) is 59.4 Å². The lowest BCUT2D eigenvalue weighted by Crippen LogP contribution is -2.04. The molecule has 2 aromatic rings. The number of aliphatic carboxylic acids is 1. The van der Waals surface area contributed by atoms with Crippen molar-refractivity contribution in [2.45, 2.75) is 20.3 Å². The lowest BCUT2D eigenvalue weighted by Gasteiger charge is -2.11. The van der Waals surface area contributed by atoms with Crippen molar-refractivity contribution in [3.8, 4) is 5.75 Å². The van der Waals surface area contributed by atoms with Gasteiger partial charge >= 0.3 is 5.97 Å². The van der Waals surface area contributed by atoms with Crippen LogP contribution in [-0.2, 0) is 11.2 Å². The van der Waals surface area contributed by atoms with Crippen LogP contribution in [0.15, 0.2) is 18.2 Å². The van der Waals surface area contributed by atoms with E-state index in [0.29, 0.717) is 11.4 Å². The SMILES string of the molecule is COc1ccc(C)c2c(C)cc(CC(=O)O)nc12. The monoisotopic (exact) mass is 245 g/mol. The number of fused-ring (bicyclic) bond motifs is 1. The van der Waals surface area contributed by atoms with Crippen LogP contribution in [0, 0.1) is 13.8 Å². The number of hydrogen-bond acceptors (Lipinski definition) is 3. The molecule has 0 unspecified atom stereocenters. The minimum atomic E-state index is -0.882. The molecule has 0 bridgehead atoms. The Hall–Kier alpha value is -2.10. The number of pyridine rings is 1. The molecular weight excluding hydrogens is 230 g/mol. The molecule has 94 valence electrons. The van der Waals surface area contributed by atoms with Gasteiger partial charge in [0.25, 0.3) is 0 Å². The van der Waals surface area contributed by atoms with Crippen LogP contribution in [0.3, 0.4) is 0 Å². The fourth-order valence-electron chi connectivity index (χ4n) is 2.19. The molecule has 4 heteroatoms. The van der Waals surface area contributed by atoms with Crippen LogP contribution >= 0.6 is 0 Å². The molecule has 2 rings (SSSR count). The van der Waals surface area contributed by atoms with Crippen molar-refractivity contribution in [3.05, 3.63) is 35.0 Å². The number of hydrogen-bond donors (Lipinski definition) is 1. The van der Waals surface area contributed by atoms with Crippen LogP contribution < -0.4 is 4.74 Å². The van der Waals surface area contributed by atoms with Gasteiger partial charge in [0.05, 0.1) is 19.2 Å². The lowest BCUT2D eigenvalue weighted by atomic mass is 10.0. The summed E-state index contributed by atoms with van der Waals surface area (Å²) in [6.07, 6.45) is -0.0755. The molecule has 1 heterocycles. The number of carboxylic acid groups (broad SMARTS) is 1. The van der Waals surface area contributed by atoms with Gasteiger partial charge < -0.3 is 9.84 Å². The maximum atomic E-state index is 10.8. The summed E-state index contributed by atoms with van der Waals surface area (Å²) >= 11 is 0.